The monoisotopic (exact) mass is 258 g/mol. The molecule has 1 unspecified atom stereocenters. The smallest absolute Gasteiger partial charge is 0.311 e. The number of rotatable bonds is 4. The van der Waals surface area contributed by atoms with Gasteiger partial charge in [0.25, 0.3) is 0 Å². The second-order valence-corrected chi connectivity index (χ2v) is 4.18. The van der Waals surface area contributed by atoms with E-state index in [0.717, 1.165) is 5.56 Å². The molecule has 2 aromatic rings. The zero-order valence-electron chi connectivity index (χ0n) is 10.4. The Morgan fingerprint density at radius 2 is 1.79 bits per heavy atom. The van der Waals surface area contributed by atoms with Gasteiger partial charge in [0.1, 0.15) is 5.75 Å². The third kappa shape index (κ3) is 3.08. The molecule has 98 valence electrons. The molecule has 1 atom stereocenters. The summed E-state index contributed by atoms with van der Waals surface area (Å²) in [5.41, 5.74) is 6.67. The molecule has 0 radical (unpaired) electrons. The largest absolute Gasteiger partial charge is 0.450 e. The summed E-state index contributed by atoms with van der Waals surface area (Å²) in [5, 5.41) is 10.9. The highest BCUT2D eigenvalue weighted by atomic mass is 16.6. The van der Waals surface area contributed by atoms with E-state index >= 15 is 0 Å². The van der Waals surface area contributed by atoms with Gasteiger partial charge in [-0.3, -0.25) is 10.1 Å². The van der Waals surface area contributed by atoms with Crippen molar-refractivity contribution in [3.05, 3.63) is 64.2 Å². The van der Waals surface area contributed by atoms with Gasteiger partial charge in [0.05, 0.1) is 4.92 Å². The minimum absolute atomic E-state index is 0.0555. The summed E-state index contributed by atoms with van der Waals surface area (Å²) in [6, 6.07) is 13.4. The van der Waals surface area contributed by atoms with E-state index in [1.807, 2.05) is 19.1 Å². The maximum Gasteiger partial charge on any atom is 0.311 e. The van der Waals surface area contributed by atoms with Gasteiger partial charge in [0, 0.05) is 12.1 Å². The average Bonchev–Trinajstić information content (AvgIpc) is 2.39. The number of nitrogens with zero attached hydrogens (tertiary/aromatic N) is 1. The predicted octanol–water partition coefficient (Wildman–Crippen LogP) is 3.41. The number of nitrogens with two attached hydrogens (primary N) is 1. The average molecular weight is 258 g/mol. The third-order valence-corrected chi connectivity index (χ3v) is 2.70. The Balaban J connectivity index is 2.24. The highest BCUT2D eigenvalue weighted by molar-refractivity contribution is 5.48. The molecule has 0 aliphatic carbocycles. The Hall–Kier alpha value is -2.40. The molecule has 19 heavy (non-hydrogen) atoms. The fraction of sp³-hybridized carbons (Fsp3) is 0.143. The first-order valence-electron chi connectivity index (χ1n) is 5.85. The number of ether oxygens (including phenoxy) is 1. The van der Waals surface area contributed by atoms with E-state index in [-0.39, 0.29) is 17.5 Å². The Labute approximate surface area is 110 Å². The van der Waals surface area contributed by atoms with Crippen molar-refractivity contribution in [2.24, 2.45) is 5.73 Å². The molecule has 0 saturated carbocycles. The summed E-state index contributed by atoms with van der Waals surface area (Å²) >= 11 is 0. The number of nitro benzene ring substituents is 1. The van der Waals surface area contributed by atoms with E-state index in [4.69, 9.17) is 10.5 Å². The summed E-state index contributed by atoms with van der Waals surface area (Å²) in [4.78, 5) is 10.4. The Morgan fingerprint density at radius 1 is 1.16 bits per heavy atom. The molecule has 0 heterocycles. The van der Waals surface area contributed by atoms with Crippen molar-refractivity contribution >= 4 is 5.69 Å². The first-order chi connectivity index (χ1) is 9.08. The van der Waals surface area contributed by atoms with Crippen molar-refractivity contribution in [3.63, 3.8) is 0 Å². The third-order valence-electron chi connectivity index (χ3n) is 2.70. The van der Waals surface area contributed by atoms with Crippen molar-refractivity contribution in [3.8, 4) is 11.5 Å². The second kappa shape index (κ2) is 5.49. The van der Waals surface area contributed by atoms with Gasteiger partial charge in [-0.2, -0.15) is 0 Å². The van der Waals surface area contributed by atoms with Crippen LogP contribution in [0.15, 0.2) is 48.5 Å². The molecule has 5 heteroatoms. The molecule has 0 amide bonds. The molecule has 0 aromatic heterocycles. The molecular weight excluding hydrogens is 244 g/mol. The van der Waals surface area contributed by atoms with E-state index in [9.17, 15) is 10.1 Å². The lowest BCUT2D eigenvalue weighted by Crippen LogP contribution is -2.04. The molecule has 0 bridgehead atoms. The first-order valence-corrected chi connectivity index (χ1v) is 5.85. The Bertz CT molecular complexity index is 579. The molecule has 5 nitrogen and oxygen atoms in total. The summed E-state index contributed by atoms with van der Waals surface area (Å²) in [6.45, 7) is 1.89. The van der Waals surface area contributed by atoms with Crippen LogP contribution in [0.2, 0.25) is 0 Å². The molecule has 0 saturated heterocycles. The van der Waals surface area contributed by atoms with Crippen molar-refractivity contribution in [1.29, 1.82) is 0 Å². The molecule has 0 fully saturated rings. The SMILES string of the molecule is CC(N)c1ccc(Oc2ccccc2[N+](=O)[O-])cc1. The van der Waals surface area contributed by atoms with Crippen LogP contribution < -0.4 is 10.5 Å². The van der Waals surface area contributed by atoms with Gasteiger partial charge >= 0.3 is 5.69 Å². The quantitative estimate of drug-likeness (QED) is 0.673. The van der Waals surface area contributed by atoms with E-state index in [1.54, 1.807) is 30.3 Å². The fourth-order valence-electron chi connectivity index (χ4n) is 1.66. The van der Waals surface area contributed by atoms with Crippen LogP contribution >= 0.6 is 0 Å². The van der Waals surface area contributed by atoms with Gasteiger partial charge < -0.3 is 10.5 Å². The van der Waals surface area contributed by atoms with E-state index < -0.39 is 4.92 Å². The fourth-order valence-corrected chi connectivity index (χ4v) is 1.66. The number of nitro groups is 1. The van der Waals surface area contributed by atoms with Gasteiger partial charge in [-0.05, 0) is 30.7 Å². The van der Waals surface area contributed by atoms with Crippen LogP contribution in [0.3, 0.4) is 0 Å². The van der Waals surface area contributed by atoms with E-state index in [2.05, 4.69) is 0 Å². The lowest BCUT2D eigenvalue weighted by molar-refractivity contribution is -0.385. The highest BCUT2D eigenvalue weighted by Crippen LogP contribution is 2.31. The number of hydrogen-bond donors (Lipinski definition) is 1. The second-order valence-electron chi connectivity index (χ2n) is 4.18. The summed E-state index contributed by atoms with van der Waals surface area (Å²) in [7, 11) is 0. The van der Waals surface area contributed by atoms with Gasteiger partial charge in [0.2, 0.25) is 5.75 Å². The molecule has 2 rings (SSSR count). The van der Waals surface area contributed by atoms with Gasteiger partial charge in [-0.25, -0.2) is 0 Å². The zero-order chi connectivity index (χ0) is 13.8. The van der Waals surface area contributed by atoms with Crippen LogP contribution in [0.25, 0.3) is 0 Å². The van der Waals surface area contributed by atoms with Crippen LogP contribution in [-0.4, -0.2) is 4.92 Å². The van der Waals surface area contributed by atoms with Crippen LogP contribution in [0.4, 0.5) is 5.69 Å². The van der Waals surface area contributed by atoms with Crippen molar-refractivity contribution < 1.29 is 9.66 Å². The molecule has 0 spiro atoms. The van der Waals surface area contributed by atoms with Gasteiger partial charge in [-0.15, -0.1) is 0 Å². The van der Waals surface area contributed by atoms with Gasteiger partial charge in [-0.1, -0.05) is 24.3 Å². The van der Waals surface area contributed by atoms with Crippen molar-refractivity contribution in [1.82, 2.24) is 0 Å². The first kappa shape index (κ1) is 13.0. The van der Waals surface area contributed by atoms with Gasteiger partial charge in [0.15, 0.2) is 0 Å². The zero-order valence-corrected chi connectivity index (χ0v) is 10.4. The molecule has 0 aliphatic heterocycles. The maximum atomic E-state index is 10.9. The minimum Gasteiger partial charge on any atom is -0.450 e. The highest BCUT2D eigenvalue weighted by Gasteiger charge is 2.14. The number of benzene rings is 2. The van der Waals surface area contributed by atoms with Crippen molar-refractivity contribution in [2.75, 3.05) is 0 Å². The minimum atomic E-state index is -0.467. The van der Waals surface area contributed by atoms with Crippen LogP contribution in [0.5, 0.6) is 11.5 Å². The van der Waals surface area contributed by atoms with E-state index in [1.165, 1.54) is 6.07 Å². The van der Waals surface area contributed by atoms with Crippen molar-refractivity contribution in [2.45, 2.75) is 13.0 Å². The molecule has 2 aromatic carbocycles. The summed E-state index contributed by atoms with van der Waals surface area (Å²) in [6.07, 6.45) is 0. The maximum absolute atomic E-state index is 10.9. The molecular formula is C14H14N2O3. The Kier molecular flexibility index (Phi) is 3.77. The summed E-state index contributed by atoms with van der Waals surface area (Å²) < 4.78 is 5.52. The number of para-hydroxylation sites is 2. The van der Waals surface area contributed by atoms with E-state index in [0.29, 0.717) is 5.75 Å². The normalized spacial score (nSPS) is 11.9. The van der Waals surface area contributed by atoms with Crippen LogP contribution in [0, 0.1) is 10.1 Å². The standard InChI is InChI=1S/C14H14N2O3/c1-10(15)11-6-8-12(9-7-11)19-14-5-3-2-4-13(14)16(17)18/h2-10H,15H2,1H3. The summed E-state index contributed by atoms with van der Waals surface area (Å²) in [5.74, 6) is 0.764. The topological polar surface area (TPSA) is 78.4 Å². The lowest BCUT2D eigenvalue weighted by Gasteiger charge is -2.08. The van der Waals surface area contributed by atoms with Crippen LogP contribution in [0.1, 0.15) is 18.5 Å². The number of hydrogen-bond acceptors (Lipinski definition) is 4. The lowest BCUT2D eigenvalue weighted by atomic mass is 10.1. The molecule has 0 aliphatic rings. The van der Waals surface area contributed by atoms with Crippen LogP contribution in [-0.2, 0) is 0 Å². The Morgan fingerprint density at radius 3 is 2.37 bits per heavy atom. The predicted molar refractivity (Wildman–Crippen MR) is 72.2 cm³/mol. The molecule has 2 N–H and O–H groups in total.